The van der Waals surface area contributed by atoms with Gasteiger partial charge in [-0.3, -0.25) is 4.79 Å². The van der Waals surface area contributed by atoms with E-state index in [1.165, 1.54) is 0 Å². The molecular formula is C17H24N2O. The van der Waals surface area contributed by atoms with Crippen LogP contribution in [-0.4, -0.2) is 29.9 Å². The quantitative estimate of drug-likeness (QED) is 0.860. The minimum atomic E-state index is -0.163. The fourth-order valence-corrected chi connectivity index (χ4v) is 1.84. The van der Waals surface area contributed by atoms with E-state index in [-0.39, 0.29) is 11.4 Å². The standard InChI is InChI=1S/C17H24N2O/c1-6-17(3,4)19(5)16(20)15-11-13(2)10-14(12-15)8-7-9-18/h10-12H,6,9,18H2,1-5H3. The van der Waals surface area contributed by atoms with Crippen molar-refractivity contribution >= 4 is 5.91 Å². The molecule has 0 spiro atoms. The monoisotopic (exact) mass is 272 g/mol. The predicted molar refractivity (Wildman–Crippen MR) is 83.6 cm³/mol. The average Bonchev–Trinajstić information content (AvgIpc) is 2.42. The lowest BCUT2D eigenvalue weighted by Crippen LogP contribution is -2.44. The van der Waals surface area contributed by atoms with Gasteiger partial charge in [0, 0.05) is 23.7 Å². The second kappa shape index (κ2) is 6.58. The fraction of sp³-hybridized carbons (Fsp3) is 0.471. The van der Waals surface area contributed by atoms with Gasteiger partial charge in [0.2, 0.25) is 0 Å². The molecule has 0 bridgehead atoms. The Kier molecular flexibility index (Phi) is 5.35. The molecule has 0 aromatic heterocycles. The highest BCUT2D eigenvalue weighted by atomic mass is 16.2. The van der Waals surface area contributed by atoms with E-state index in [9.17, 15) is 4.79 Å². The summed E-state index contributed by atoms with van der Waals surface area (Å²) in [4.78, 5) is 14.4. The molecule has 0 unspecified atom stereocenters. The molecule has 3 nitrogen and oxygen atoms in total. The van der Waals surface area contributed by atoms with Crippen LogP contribution in [0, 0.1) is 18.8 Å². The molecule has 3 heteroatoms. The predicted octanol–water partition coefficient (Wildman–Crippen LogP) is 2.57. The summed E-state index contributed by atoms with van der Waals surface area (Å²) in [5.41, 5.74) is 7.76. The molecule has 20 heavy (non-hydrogen) atoms. The fourth-order valence-electron chi connectivity index (χ4n) is 1.84. The third kappa shape index (κ3) is 3.85. The van der Waals surface area contributed by atoms with Crippen molar-refractivity contribution in [1.82, 2.24) is 4.90 Å². The van der Waals surface area contributed by atoms with Crippen molar-refractivity contribution < 1.29 is 4.79 Å². The van der Waals surface area contributed by atoms with Gasteiger partial charge in [-0.1, -0.05) is 18.8 Å². The number of aryl methyl sites for hydroxylation is 1. The van der Waals surface area contributed by atoms with Gasteiger partial charge in [0.25, 0.3) is 5.91 Å². The van der Waals surface area contributed by atoms with Gasteiger partial charge in [-0.15, -0.1) is 0 Å². The lowest BCUT2D eigenvalue weighted by Gasteiger charge is -2.35. The topological polar surface area (TPSA) is 46.3 Å². The first-order valence-corrected chi connectivity index (χ1v) is 6.90. The van der Waals surface area contributed by atoms with E-state index in [1.54, 1.807) is 4.90 Å². The molecule has 1 rings (SSSR count). The zero-order valence-corrected chi connectivity index (χ0v) is 13.1. The first-order valence-electron chi connectivity index (χ1n) is 6.90. The Morgan fingerprint density at radius 3 is 2.55 bits per heavy atom. The van der Waals surface area contributed by atoms with Gasteiger partial charge >= 0.3 is 0 Å². The van der Waals surface area contributed by atoms with Crippen LogP contribution in [0.2, 0.25) is 0 Å². The first-order chi connectivity index (χ1) is 9.31. The van der Waals surface area contributed by atoms with Gasteiger partial charge < -0.3 is 10.6 Å². The minimum absolute atomic E-state index is 0.0244. The van der Waals surface area contributed by atoms with Gasteiger partial charge in [-0.2, -0.15) is 0 Å². The van der Waals surface area contributed by atoms with Crippen LogP contribution in [0.1, 0.15) is 48.7 Å². The van der Waals surface area contributed by atoms with Crippen LogP contribution in [-0.2, 0) is 0 Å². The minimum Gasteiger partial charge on any atom is -0.337 e. The number of carbonyl (C=O) groups excluding carboxylic acids is 1. The average molecular weight is 272 g/mol. The molecule has 0 aliphatic carbocycles. The number of nitrogens with two attached hydrogens (primary N) is 1. The molecular weight excluding hydrogens is 248 g/mol. The molecule has 1 aromatic rings. The van der Waals surface area contributed by atoms with Gasteiger partial charge in [0.05, 0.1) is 6.54 Å². The normalized spacial score (nSPS) is 10.7. The second-order valence-electron chi connectivity index (χ2n) is 5.62. The maximum Gasteiger partial charge on any atom is 0.254 e. The Bertz CT molecular complexity index is 550. The number of hydrogen-bond donors (Lipinski definition) is 1. The molecule has 0 aliphatic heterocycles. The summed E-state index contributed by atoms with van der Waals surface area (Å²) in [5.74, 6) is 5.83. The third-order valence-corrected chi connectivity index (χ3v) is 3.74. The van der Waals surface area contributed by atoms with Crippen LogP contribution >= 0.6 is 0 Å². The Morgan fingerprint density at radius 2 is 2.00 bits per heavy atom. The van der Waals surface area contributed by atoms with E-state index in [0.29, 0.717) is 12.1 Å². The summed E-state index contributed by atoms with van der Waals surface area (Å²) in [5, 5.41) is 0. The number of hydrogen-bond acceptors (Lipinski definition) is 2. The smallest absolute Gasteiger partial charge is 0.254 e. The summed E-state index contributed by atoms with van der Waals surface area (Å²) in [6, 6.07) is 5.70. The van der Waals surface area contributed by atoms with Crippen molar-refractivity contribution in [2.24, 2.45) is 5.73 Å². The van der Waals surface area contributed by atoms with E-state index >= 15 is 0 Å². The first kappa shape index (κ1) is 16.3. The van der Waals surface area contributed by atoms with Gasteiger partial charge in [0.15, 0.2) is 0 Å². The highest BCUT2D eigenvalue weighted by molar-refractivity contribution is 5.95. The summed E-state index contributed by atoms with van der Waals surface area (Å²) < 4.78 is 0. The van der Waals surface area contributed by atoms with E-state index < -0.39 is 0 Å². The maximum atomic E-state index is 12.6. The summed E-state index contributed by atoms with van der Waals surface area (Å²) >= 11 is 0. The van der Waals surface area contributed by atoms with Crippen molar-refractivity contribution in [2.45, 2.75) is 39.7 Å². The maximum absolute atomic E-state index is 12.6. The van der Waals surface area contributed by atoms with Crippen molar-refractivity contribution in [3.63, 3.8) is 0 Å². The zero-order chi connectivity index (χ0) is 15.3. The zero-order valence-electron chi connectivity index (χ0n) is 13.1. The molecule has 1 aromatic carbocycles. The third-order valence-electron chi connectivity index (χ3n) is 3.74. The largest absolute Gasteiger partial charge is 0.337 e. The van der Waals surface area contributed by atoms with Crippen LogP contribution in [0.25, 0.3) is 0 Å². The number of carbonyl (C=O) groups is 1. The lowest BCUT2D eigenvalue weighted by molar-refractivity contribution is 0.0620. The van der Waals surface area contributed by atoms with Crippen molar-refractivity contribution in [3.8, 4) is 11.8 Å². The Labute approximate surface area is 122 Å². The molecule has 0 atom stereocenters. The lowest BCUT2D eigenvalue weighted by atomic mass is 9.98. The van der Waals surface area contributed by atoms with Gasteiger partial charge in [0.1, 0.15) is 0 Å². The van der Waals surface area contributed by atoms with Crippen molar-refractivity contribution in [1.29, 1.82) is 0 Å². The van der Waals surface area contributed by atoms with Crippen molar-refractivity contribution in [3.05, 3.63) is 34.9 Å². The Morgan fingerprint density at radius 1 is 1.35 bits per heavy atom. The molecule has 0 heterocycles. The molecule has 108 valence electrons. The van der Waals surface area contributed by atoms with E-state index in [0.717, 1.165) is 17.5 Å². The highest BCUT2D eigenvalue weighted by Gasteiger charge is 2.26. The SMILES string of the molecule is CCC(C)(C)N(C)C(=O)c1cc(C)cc(C#CCN)c1. The van der Waals surface area contributed by atoms with E-state index in [2.05, 4.69) is 32.6 Å². The van der Waals surface area contributed by atoms with E-state index in [1.807, 2.05) is 32.2 Å². The van der Waals surface area contributed by atoms with Crippen LogP contribution < -0.4 is 5.73 Å². The molecule has 1 amide bonds. The van der Waals surface area contributed by atoms with Crippen LogP contribution in [0.3, 0.4) is 0 Å². The van der Waals surface area contributed by atoms with Crippen molar-refractivity contribution in [2.75, 3.05) is 13.6 Å². The molecule has 0 fully saturated rings. The molecule has 0 radical (unpaired) electrons. The summed E-state index contributed by atoms with van der Waals surface area (Å²) in [6.07, 6.45) is 0.904. The summed E-state index contributed by atoms with van der Waals surface area (Å²) in [7, 11) is 1.85. The molecule has 0 saturated heterocycles. The van der Waals surface area contributed by atoms with Crippen LogP contribution in [0.4, 0.5) is 0 Å². The highest BCUT2D eigenvalue weighted by Crippen LogP contribution is 2.20. The molecule has 0 aliphatic rings. The number of nitrogens with zero attached hydrogens (tertiary/aromatic N) is 1. The van der Waals surface area contributed by atoms with E-state index in [4.69, 9.17) is 5.73 Å². The number of amides is 1. The number of rotatable bonds is 3. The Balaban J connectivity index is 3.13. The van der Waals surface area contributed by atoms with Gasteiger partial charge in [-0.25, -0.2) is 0 Å². The molecule has 0 saturated carbocycles. The molecule has 2 N–H and O–H groups in total. The summed E-state index contributed by atoms with van der Waals surface area (Å²) in [6.45, 7) is 8.50. The Hall–Kier alpha value is -1.79. The van der Waals surface area contributed by atoms with Crippen LogP contribution in [0.15, 0.2) is 18.2 Å². The van der Waals surface area contributed by atoms with Gasteiger partial charge in [-0.05, 0) is 51.0 Å². The number of benzene rings is 1. The second-order valence-corrected chi connectivity index (χ2v) is 5.62. The van der Waals surface area contributed by atoms with Crippen LogP contribution in [0.5, 0.6) is 0 Å².